The second-order valence-corrected chi connectivity index (χ2v) is 10.2. The molecular formula is C27H22N4O5S. The number of aromatic carboxylic acids is 1. The molecule has 0 bridgehead atoms. The molecule has 1 N–H and O–H groups in total. The first-order valence-electron chi connectivity index (χ1n) is 11.8. The Bertz CT molecular complexity index is 1780. The summed E-state index contributed by atoms with van der Waals surface area (Å²) in [5.41, 5.74) is 1.43. The molecule has 6 rings (SSSR count). The lowest BCUT2D eigenvalue weighted by molar-refractivity contribution is -0.384. The van der Waals surface area contributed by atoms with Crippen molar-refractivity contribution >= 4 is 54.6 Å². The Hall–Kier alpha value is -4.28. The molecule has 1 saturated heterocycles. The molecule has 5 aromatic rings. The lowest BCUT2D eigenvalue weighted by atomic mass is 10.0. The average molecular weight is 515 g/mol. The smallest absolute Gasteiger partial charge is 0.342 e. The van der Waals surface area contributed by atoms with E-state index in [0.717, 1.165) is 15.8 Å². The van der Waals surface area contributed by atoms with Crippen molar-refractivity contribution in [3.63, 3.8) is 0 Å². The van der Waals surface area contributed by atoms with E-state index in [9.17, 15) is 24.8 Å². The number of hydrogen-bond acceptors (Lipinski definition) is 7. The Morgan fingerprint density at radius 3 is 2.51 bits per heavy atom. The highest BCUT2D eigenvalue weighted by molar-refractivity contribution is 7.24. The van der Waals surface area contributed by atoms with Gasteiger partial charge in [0.2, 0.25) is 5.43 Å². The van der Waals surface area contributed by atoms with Crippen molar-refractivity contribution in [2.24, 2.45) is 0 Å². The molecule has 3 heterocycles. The van der Waals surface area contributed by atoms with Gasteiger partial charge in [-0.25, -0.2) is 4.79 Å². The number of benzene rings is 3. The third-order valence-electron chi connectivity index (χ3n) is 7.12. The highest BCUT2D eigenvalue weighted by Crippen LogP contribution is 2.38. The van der Waals surface area contributed by atoms with Crippen LogP contribution in [0.3, 0.4) is 0 Å². The maximum Gasteiger partial charge on any atom is 0.342 e. The van der Waals surface area contributed by atoms with Gasteiger partial charge in [0.05, 0.1) is 32.1 Å². The number of fused-ring (bicyclic) bond motifs is 5. The molecule has 37 heavy (non-hydrogen) atoms. The van der Waals surface area contributed by atoms with Crippen molar-refractivity contribution in [3.05, 3.63) is 98.2 Å². The van der Waals surface area contributed by atoms with Crippen LogP contribution in [0.25, 0.3) is 25.9 Å². The largest absolute Gasteiger partial charge is 0.477 e. The summed E-state index contributed by atoms with van der Waals surface area (Å²) < 4.78 is 2.57. The summed E-state index contributed by atoms with van der Waals surface area (Å²) in [6.45, 7) is 1.80. The molecule has 9 nitrogen and oxygen atoms in total. The Morgan fingerprint density at radius 1 is 1.05 bits per heavy atom. The first kappa shape index (κ1) is 23.1. The fourth-order valence-corrected chi connectivity index (χ4v) is 6.46. The molecule has 0 saturated carbocycles. The van der Waals surface area contributed by atoms with Crippen LogP contribution in [0.15, 0.2) is 71.5 Å². The molecular weight excluding hydrogens is 492 g/mol. The highest BCUT2D eigenvalue weighted by atomic mass is 32.1. The van der Waals surface area contributed by atoms with Gasteiger partial charge in [-0.1, -0.05) is 42.5 Å². The lowest BCUT2D eigenvalue weighted by Crippen LogP contribution is -2.47. The first-order valence-corrected chi connectivity index (χ1v) is 12.6. The van der Waals surface area contributed by atoms with Crippen molar-refractivity contribution in [2.45, 2.75) is 6.04 Å². The third kappa shape index (κ3) is 3.64. The zero-order valence-corrected chi connectivity index (χ0v) is 20.6. The van der Waals surface area contributed by atoms with E-state index in [0.29, 0.717) is 35.7 Å². The molecule has 2 aromatic heterocycles. The van der Waals surface area contributed by atoms with Crippen molar-refractivity contribution in [3.8, 4) is 0 Å². The molecule has 1 unspecified atom stereocenters. The molecule has 1 fully saturated rings. The molecule has 1 atom stereocenters. The van der Waals surface area contributed by atoms with Crippen LogP contribution in [0.2, 0.25) is 0 Å². The van der Waals surface area contributed by atoms with Gasteiger partial charge < -0.3 is 10.0 Å². The second-order valence-electron chi connectivity index (χ2n) is 9.19. The van der Waals surface area contributed by atoms with E-state index in [1.807, 2.05) is 66.5 Å². The van der Waals surface area contributed by atoms with Crippen LogP contribution in [0.4, 0.5) is 11.4 Å². The summed E-state index contributed by atoms with van der Waals surface area (Å²) in [6.07, 6.45) is 0. The molecule has 186 valence electrons. The number of carbonyl (C=O) groups is 1. The number of likely N-dealkylation sites (N-methyl/N-ethyl adjacent to an activating group) is 1. The van der Waals surface area contributed by atoms with Crippen molar-refractivity contribution in [2.75, 3.05) is 31.6 Å². The second kappa shape index (κ2) is 8.68. The number of piperazine rings is 1. The Balaban J connectivity index is 1.63. The van der Waals surface area contributed by atoms with Crippen molar-refractivity contribution < 1.29 is 14.8 Å². The molecule has 10 heteroatoms. The number of nitro benzene ring substituents is 1. The summed E-state index contributed by atoms with van der Waals surface area (Å²) in [5, 5.41) is 22.1. The standard InChI is InChI=1S/C27H22N4O5S/c1-28-11-12-29(15-22(28)16-7-3-2-4-8-16)20-14-19-17(13-21(20)31(35)36)25(32)24(27(33)34)26-30(19)18-9-5-6-10-23(18)37-26/h2-10,13-14,22H,11-12,15H2,1H3,(H,33,34). The fraction of sp³-hybridized carbons (Fsp3) is 0.185. The SMILES string of the molecule is CN1CCN(c2cc3c(cc2[N+](=O)[O-])c(=O)c(C(=O)O)c2sc4ccccc4n23)CC1c1ccccc1. The minimum atomic E-state index is -1.35. The van der Waals surface area contributed by atoms with Crippen LogP contribution in [0.5, 0.6) is 0 Å². The molecule has 0 aliphatic carbocycles. The maximum absolute atomic E-state index is 13.4. The van der Waals surface area contributed by atoms with Gasteiger partial charge in [0.15, 0.2) is 0 Å². The monoisotopic (exact) mass is 514 g/mol. The summed E-state index contributed by atoms with van der Waals surface area (Å²) >= 11 is 1.22. The van der Waals surface area contributed by atoms with E-state index >= 15 is 0 Å². The van der Waals surface area contributed by atoms with Crippen LogP contribution in [-0.2, 0) is 0 Å². The normalized spacial score (nSPS) is 16.6. The lowest BCUT2D eigenvalue weighted by Gasteiger charge is -2.40. The van der Waals surface area contributed by atoms with Crippen LogP contribution in [0.1, 0.15) is 22.0 Å². The number of anilines is 1. The van der Waals surface area contributed by atoms with Gasteiger partial charge in [0, 0.05) is 25.7 Å². The molecule has 1 aliphatic heterocycles. The van der Waals surface area contributed by atoms with E-state index in [-0.39, 0.29) is 22.7 Å². The Morgan fingerprint density at radius 2 is 1.78 bits per heavy atom. The number of pyridine rings is 1. The number of carboxylic acid groups (broad SMARTS) is 1. The fourth-order valence-electron chi connectivity index (χ4n) is 5.27. The predicted molar refractivity (Wildman–Crippen MR) is 144 cm³/mol. The van der Waals surface area contributed by atoms with E-state index in [2.05, 4.69) is 4.90 Å². The van der Waals surface area contributed by atoms with Gasteiger partial charge in [-0.3, -0.25) is 24.2 Å². The number of carboxylic acids is 1. The number of thiazole rings is 1. The highest BCUT2D eigenvalue weighted by Gasteiger charge is 2.31. The average Bonchev–Trinajstić information content (AvgIpc) is 3.27. The molecule has 0 amide bonds. The number of para-hydroxylation sites is 1. The number of hydrogen-bond donors (Lipinski definition) is 1. The van der Waals surface area contributed by atoms with Crippen LogP contribution >= 0.6 is 11.3 Å². The minimum absolute atomic E-state index is 0.0163. The topological polar surface area (TPSA) is 108 Å². The molecule has 0 spiro atoms. The number of aromatic nitrogens is 1. The molecule has 0 radical (unpaired) electrons. The minimum Gasteiger partial charge on any atom is -0.477 e. The van der Waals surface area contributed by atoms with E-state index in [4.69, 9.17) is 0 Å². The van der Waals surface area contributed by atoms with Crippen LogP contribution in [-0.4, -0.2) is 52.0 Å². The van der Waals surface area contributed by atoms with Gasteiger partial charge >= 0.3 is 5.97 Å². The molecule has 1 aliphatic rings. The van der Waals surface area contributed by atoms with Crippen molar-refractivity contribution in [1.82, 2.24) is 9.30 Å². The number of rotatable bonds is 4. The van der Waals surface area contributed by atoms with E-state index in [1.165, 1.54) is 17.4 Å². The van der Waals surface area contributed by atoms with E-state index < -0.39 is 16.3 Å². The van der Waals surface area contributed by atoms with Crippen LogP contribution in [0, 0.1) is 10.1 Å². The molecule has 3 aromatic carbocycles. The summed E-state index contributed by atoms with van der Waals surface area (Å²) in [7, 11) is 2.04. The first-order chi connectivity index (χ1) is 17.8. The zero-order chi connectivity index (χ0) is 25.8. The summed E-state index contributed by atoms with van der Waals surface area (Å²) in [5.74, 6) is -1.35. The van der Waals surface area contributed by atoms with Gasteiger partial charge in [-0.05, 0) is 30.8 Å². The maximum atomic E-state index is 13.4. The Labute approximate surface area is 214 Å². The predicted octanol–water partition coefficient (Wildman–Crippen LogP) is 4.77. The summed E-state index contributed by atoms with van der Waals surface area (Å²) in [4.78, 5) is 41.8. The van der Waals surface area contributed by atoms with Gasteiger partial charge in [-0.2, -0.15) is 0 Å². The quantitative estimate of drug-likeness (QED) is 0.272. The zero-order valence-electron chi connectivity index (χ0n) is 19.8. The van der Waals surface area contributed by atoms with Crippen LogP contribution < -0.4 is 10.3 Å². The van der Waals surface area contributed by atoms with Gasteiger partial charge in [0.1, 0.15) is 16.1 Å². The number of nitro groups is 1. The number of nitrogens with zero attached hydrogens (tertiary/aromatic N) is 4. The Kier molecular flexibility index (Phi) is 5.43. The van der Waals surface area contributed by atoms with E-state index in [1.54, 1.807) is 10.5 Å². The third-order valence-corrected chi connectivity index (χ3v) is 8.26. The summed E-state index contributed by atoms with van der Waals surface area (Å²) in [6, 6.07) is 20.4. The van der Waals surface area contributed by atoms with Gasteiger partial charge in [0.25, 0.3) is 5.69 Å². The van der Waals surface area contributed by atoms with Gasteiger partial charge in [-0.15, -0.1) is 11.3 Å². The van der Waals surface area contributed by atoms with Crippen molar-refractivity contribution in [1.29, 1.82) is 0 Å².